The number of hydrogen-bond acceptors (Lipinski definition) is 6. The second-order valence-corrected chi connectivity index (χ2v) is 5.46. The molecule has 1 unspecified atom stereocenters. The van der Waals surface area contributed by atoms with Crippen LogP contribution >= 0.6 is 0 Å². The summed E-state index contributed by atoms with van der Waals surface area (Å²) >= 11 is 0. The normalized spacial score (nSPS) is 25.4. The first kappa shape index (κ1) is 17.5. The molecule has 1 aliphatic rings. The Morgan fingerprint density at radius 1 is 1.17 bits per heavy atom. The molecule has 0 fully saturated rings. The van der Waals surface area contributed by atoms with Crippen LogP contribution in [0.1, 0.15) is 17.9 Å². The van der Waals surface area contributed by atoms with Crippen molar-refractivity contribution in [2.75, 3.05) is 21.3 Å². The van der Waals surface area contributed by atoms with E-state index in [1.807, 2.05) is 0 Å². The van der Waals surface area contributed by atoms with Gasteiger partial charge in [-0.05, 0) is 24.1 Å². The molecule has 0 radical (unpaired) electrons. The molecule has 0 aromatic heterocycles. The topological polar surface area (TPSA) is 85.6 Å². The number of ether oxygens (including phenoxy) is 3. The van der Waals surface area contributed by atoms with Gasteiger partial charge in [-0.25, -0.2) is 0 Å². The monoisotopic (exact) mass is 329 g/mol. The van der Waals surface area contributed by atoms with E-state index in [1.165, 1.54) is 14.2 Å². The van der Waals surface area contributed by atoms with Gasteiger partial charge in [-0.3, -0.25) is 9.59 Å². The third kappa shape index (κ3) is 2.73. The molecule has 0 saturated heterocycles. The number of nitrogens with zero attached hydrogens (tertiary/aromatic N) is 1. The lowest BCUT2D eigenvalue weighted by atomic mass is 9.61. The van der Waals surface area contributed by atoms with Gasteiger partial charge in [-0.2, -0.15) is 5.26 Å². The number of hydrogen-bond donors (Lipinski definition) is 0. The van der Waals surface area contributed by atoms with Crippen molar-refractivity contribution in [3.63, 3.8) is 0 Å². The first-order chi connectivity index (χ1) is 11.5. The highest BCUT2D eigenvalue weighted by molar-refractivity contribution is 5.90. The largest absolute Gasteiger partial charge is 0.497 e. The molecule has 6 heteroatoms. The van der Waals surface area contributed by atoms with Crippen LogP contribution in [-0.4, -0.2) is 33.3 Å². The van der Waals surface area contributed by atoms with Crippen molar-refractivity contribution in [3.05, 3.63) is 42.0 Å². The summed E-state index contributed by atoms with van der Waals surface area (Å²) in [6.45, 7) is 0. The molecule has 1 aromatic rings. The SMILES string of the molecule is COC(=O)[C@@H]1CC=C[C@@H](c2ccc(OC)cc2)C1(C#N)C(=O)OC. The summed E-state index contributed by atoms with van der Waals surface area (Å²) in [6.07, 6.45) is 3.79. The average Bonchev–Trinajstić information content (AvgIpc) is 2.65. The van der Waals surface area contributed by atoms with Crippen molar-refractivity contribution in [3.8, 4) is 11.8 Å². The molecule has 0 amide bonds. The first-order valence-corrected chi connectivity index (χ1v) is 7.43. The molecule has 126 valence electrons. The zero-order valence-electron chi connectivity index (χ0n) is 13.8. The number of esters is 2. The van der Waals surface area contributed by atoms with Crippen molar-refractivity contribution < 1.29 is 23.8 Å². The minimum atomic E-state index is -1.68. The van der Waals surface area contributed by atoms with Crippen molar-refractivity contribution in [1.29, 1.82) is 5.26 Å². The quantitative estimate of drug-likeness (QED) is 0.622. The predicted molar refractivity (Wildman–Crippen MR) is 85.1 cm³/mol. The van der Waals surface area contributed by atoms with Crippen LogP contribution in [0.5, 0.6) is 5.75 Å². The first-order valence-electron chi connectivity index (χ1n) is 7.43. The Kier molecular flexibility index (Phi) is 5.24. The summed E-state index contributed by atoms with van der Waals surface area (Å²) in [7, 11) is 4.00. The van der Waals surface area contributed by atoms with Crippen molar-refractivity contribution in [2.24, 2.45) is 11.3 Å². The molecule has 0 heterocycles. The van der Waals surface area contributed by atoms with Gasteiger partial charge < -0.3 is 14.2 Å². The molecular formula is C18H19NO5. The molecule has 6 nitrogen and oxygen atoms in total. The Balaban J connectivity index is 2.59. The number of allylic oxidation sites excluding steroid dienone is 2. The van der Waals surface area contributed by atoms with E-state index in [0.717, 1.165) is 0 Å². The molecule has 3 atom stereocenters. The summed E-state index contributed by atoms with van der Waals surface area (Å²) in [5, 5.41) is 9.87. The molecule has 2 rings (SSSR count). The van der Waals surface area contributed by atoms with Gasteiger partial charge in [0.2, 0.25) is 0 Å². The second-order valence-electron chi connectivity index (χ2n) is 5.46. The molecule has 1 aliphatic carbocycles. The lowest BCUT2D eigenvalue weighted by Gasteiger charge is -2.38. The van der Waals surface area contributed by atoms with Gasteiger partial charge in [0.25, 0.3) is 0 Å². The van der Waals surface area contributed by atoms with Gasteiger partial charge in [-0.1, -0.05) is 24.3 Å². The van der Waals surface area contributed by atoms with E-state index in [9.17, 15) is 14.9 Å². The smallest absolute Gasteiger partial charge is 0.328 e. The number of methoxy groups -OCH3 is 3. The maximum Gasteiger partial charge on any atom is 0.328 e. The molecule has 0 aliphatic heterocycles. The van der Waals surface area contributed by atoms with E-state index in [1.54, 1.807) is 43.5 Å². The summed E-state index contributed by atoms with van der Waals surface area (Å²) in [5.74, 6) is -2.25. The zero-order chi connectivity index (χ0) is 17.7. The van der Waals surface area contributed by atoms with E-state index < -0.39 is 29.2 Å². The van der Waals surface area contributed by atoms with Crippen LogP contribution in [0, 0.1) is 22.7 Å². The molecule has 0 spiro atoms. The van der Waals surface area contributed by atoms with E-state index in [4.69, 9.17) is 14.2 Å². The van der Waals surface area contributed by atoms with Crippen molar-refractivity contribution in [2.45, 2.75) is 12.3 Å². The Morgan fingerprint density at radius 3 is 2.33 bits per heavy atom. The van der Waals surface area contributed by atoms with Crippen LogP contribution in [0.15, 0.2) is 36.4 Å². The molecule has 24 heavy (non-hydrogen) atoms. The van der Waals surface area contributed by atoms with Gasteiger partial charge >= 0.3 is 11.9 Å². The van der Waals surface area contributed by atoms with E-state index in [0.29, 0.717) is 11.3 Å². The van der Waals surface area contributed by atoms with E-state index in [2.05, 4.69) is 6.07 Å². The van der Waals surface area contributed by atoms with Crippen LogP contribution in [0.4, 0.5) is 0 Å². The van der Waals surface area contributed by atoms with Gasteiger partial charge in [-0.15, -0.1) is 0 Å². The maximum atomic E-state index is 12.5. The fourth-order valence-electron chi connectivity index (χ4n) is 3.15. The van der Waals surface area contributed by atoms with Gasteiger partial charge in [0.05, 0.1) is 33.3 Å². The standard InChI is InChI=1S/C18H19NO5/c1-22-13-9-7-12(8-10-13)14-5-4-6-15(16(20)23-2)18(14,11-19)17(21)24-3/h4-5,7-10,14-15H,6H2,1-3H3/t14-,15-,18?/m0/s1. The second kappa shape index (κ2) is 7.18. The van der Waals surface area contributed by atoms with Crippen LogP contribution < -0.4 is 4.74 Å². The van der Waals surface area contributed by atoms with Gasteiger partial charge in [0.1, 0.15) is 5.75 Å². The van der Waals surface area contributed by atoms with Crippen LogP contribution in [0.25, 0.3) is 0 Å². The average molecular weight is 329 g/mol. The van der Waals surface area contributed by atoms with Crippen LogP contribution in [0.3, 0.4) is 0 Å². The van der Waals surface area contributed by atoms with E-state index in [-0.39, 0.29) is 6.42 Å². The number of carbonyl (C=O) groups is 2. The summed E-state index contributed by atoms with van der Waals surface area (Å²) < 4.78 is 14.8. The highest BCUT2D eigenvalue weighted by Gasteiger charge is 2.57. The Morgan fingerprint density at radius 2 is 1.83 bits per heavy atom. The predicted octanol–water partition coefficient (Wildman–Crippen LogP) is 2.21. The highest BCUT2D eigenvalue weighted by Crippen LogP contribution is 2.49. The Labute approximate surface area is 140 Å². The number of carbonyl (C=O) groups excluding carboxylic acids is 2. The lowest BCUT2D eigenvalue weighted by molar-refractivity contribution is -0.163. The Bertz CT molecular complexity index is 688. The van der Waals surface area contributed by atoms with Gasteiger partial charge in [0, 0.05) is 5.92 Å². The summed E-state index contributed by atoms with van der Waals surface area (Å²) in [5.41, 5.74) is -0.960. The van der Waals surface area contributed by atoms with Crippen LogP contribution in [0.2, 0.25) is 0 Å². The molecular weight excluding hydrogens is 310 g/mol. The Hall–Kier alpha value is -2.81. The molecule has 0 bridgehead atoms. The summed E-state index contributed by atoms with van der Waals surface area (Å²) in [4.78, 5) is 24.8. The third-order valence-corrected chi connectivity index (χ3v) is 4.41. The van der Waals surface area contributed by atoms with E-state index >= 15 is 0 Å². The van der Waals surface area contributed by atoms with Crippen LogP contribution in [-0.2, 0) is 19.1 Å². The number of rotatable bonds is 4. The van der Waals surface area contributed by atoms with Crippen molar-refractivity contribution in [1.82, 2.24) is 0 Å². The molecule has 0 N–H and O–H groups in total. The third-order valence-electron chi connectivity index (χ3n) is 4.41. The minimum absolute atomic E-state index is 0.238. The molecule has 1 aromatic carbocycles. The molecule has 0 saturated carbocycles. The minimum Gasteiger partial charge on any atom is -0.497 e. The number of nitriles is 1. The zero-order valence-corrected chi connectivity index (χ0v) is 13.8. The fraction of sp³-hybridized carbons (Fsp3) is 0.389. The maximum absolute atomic E-state index is 12.5. The highest BCUT2D eigenvalue weighted by atomic mass is 16.5. The number of benzene rings is 1. The lowest BCUT2D eigenvalue weighted by Crippen LogP contribution is -2.48. The van der Waals surface area contributed by atoms with Gasteiger partial charge in [0.15, 0.2) is 5.41 Å². The fourth-order valence-corrected chi connectivity index (χ4v) is 3.15. The van der Waals surface area contributed by atoms with Crippen molar-refractivity contribution >= 4 is 11.9 Å². The summed E-state index contributed by atoms with van der Waals surface area (Å²) in [6, 6.07) is 9.07.